The normalized spacial score (nSPS) is 17.5. The maximum absolute atomic E-state index is 12.0. The Balaban J connectivity index is 2.19. The number of carboxylic acid groups (broad SMARTS) is 1. The number of carbonyl (C=O) groups excluding carboxylic acids is 2. The molecule has 2 rings (SSSR count). The zero-order chi connectivity index (χ0) is 15.4. The summed E-state index contributed by atoms with van der Waals surface area (Å²) in [6.07, 6.45) is 2.33. The molecule has 1 aliphatic rings. The Labute approximate surface area is 123 Å². The molecule has 0 bridgehead atoms. The summed E-state index contributed by atoms with van der Waals surface area (Å²) >= 11 is 0. The van der Waals surface area contributed by atoms with E-state index in [2.05, 4.69) is 0 Å². The van der Waals surface area contributed by atoms with Gasteiger partial charge in [-0.2, -0.15) is 0 Å². The fourth-order valence-corrected chi connectivity index (χ4v) is 2.53. The van der Waals surface area contributed by atoms with Gasteiger partial charge in [0, 0.05) is 12.8 Å². The average Bonchev–Trinajstić information content (AvgIpc) is 2.59. The minimum absolute atomic E-state index is 0.0565. The first-order chi connectivity index (χ1) is 9.99. The second kappa shape index (κ2) is 6.52. The third-order valence-electron chi connectivity index (χ3n) is 3.73. The van der Waals surface area contributed by atoms with E-state index in [1.807, 2.05) is 6.92 Å². The van der Waals surface area contributed by atoms with Crippen molar-refractivity contribution < 1.29 is 19.5 Å². The molecular formula is C16H19NO4. The van der Waals surface area contributed by atoms with Crippen molar-refractivity contribution in [3.8, 4) is 0 Å². The van der Waals surface area contributed by atoms with Gasteiger partial charge in [-0.3, -0.25) is 19.3 Å². The quantitative estimate of drug-likeness (QED) is 0.865. The molecule has 0 spiro atoms. The number of carbonyl (C=O) groups is 3. The Morgan fingerprint density at radius 2 is 1.67 bits per heavy atom. The zero-order valence-corrected chi connectivity index (χ0v) is 12.0. The van der Waals surface area contributed by atoms with Crippen LogP contribution in [0.5, 0.6) is 0 Å². The molecule has 1 saturated heterocycles. The highest BCUT2D eigenvalue weighted by Gasteiger charge is 2.25. The van der Waals surface area contributed by atoms with E-state index in [1.165, 1.54) is 4.90 Å². The number of rotatable bonds is 4. The summed E-state index contributed by atoms with van der Waals surface area (Å²) in [4.78, 5) is 36.0. The van der Waals surface area contributed by atoms with Crippen LogP contribution in [0.2, 0.25) is 0 Å². The topological polar surface area (TPSA) is 74.7 Å². The first-order valence-corrected chi connectivity index (χ1v) is 7.16. The number of benzene rings is 1. The molecule has 0 saturated carbocycles. The van der Waals surface area contributed by atoms with E-state index in [0.29, 0.717) is 18.5 Å². The third-order valence-corrected chi connectivity index (χ3v) is 3.73. The molecule has 21 heavy (non-hydrogen) atoms. The van der Waals surface area contributed by atoms with Gasteiger partial charge >= 0.3 is 5.97 Å². The maximum Gasteiger partial charge on any atom is 0.303 e. The molecule has 0 aliphatic carbocycles. The molecule has 5 nitrogen and oxygen atoms in total. The summed E-state index contributed by atoms with van der Waals surface area (Å²) < 4.78 is 0. The molecule has 1 atom stereocenters. The van der Waals surface area contributed by atoms with Crippen LogP contribution in [-0.4, -0.2) is 22.9 Å². The maximum atomic E-state index is 12.0. The lowest BCUT2D eigenvalue weighted by atomic mass is 9.97. The number of hydrogen-bond donors (Lipinski definition) is 1. The fourth-order valence-electron chi connectivity index (χ4n) is 2.53. The van der Waals surface area contributed by atoms with Crippen LogP contribution in [0.1, 0.15) is 50.5 Å². The predicted molar refractivity (Wildman–Crippen MR) is 78.1 cm³/mol. The molecule has 1 N–H and O–H groups in total. The molecule has 1 aromatic carbocycles. The Hall–Kier alpha value is -2.17. The van der Waals surface area contributed by atoms with Crippen LogP contribution in [0.15, 0.2) is 24.3 Å². The van der Waals surface area contributed by atoms with Crippen molar-refractivity contribution in [3.63, 3.8) is 0 Å². The number of amides is 2. The molecule has 1 heterocycles. The van der Waals surface area contributed by atoms with Gasteiger partial charge in [-0.1, -0.05) is 19.1 Å². The van der Waals surface area contributed by atoms with Crippen molar-refractivity contribution in [2.24, 2.45) is 0 Å². The van der Waals surface area contributed by atoms with Gasteiger partial charge in [0.15, 0.2) is 0 Å². The van der Waals surface area contributed by atoms with Crippen molar-refractivity contribution in [1.82, 2.24) is 0 Å². The lowest BCUT2D eigenvalue weighted by Gasteiger charge is -2.19. The second-order valence-corrected chi connectivity index (χ2v) is 5.42. The Bertz CT molecular complexity index is 532. The number of imide groups is 1. The lowest BCUT2D eigenvalue weighted by Crippen LogP contribution is -2.35. The highest BCUT2D eigenvalue weighted by atomic mass is 16.4. The Kier molecular flexibility index (Phi) is 4.73. The molecule has 0 radical (unpaired) electrons. The summed E-state index contributed by atoms with van der Waals surface area (Å²) in [7, 11) is 0. The van der Waals surface area contributed by atoms with Crippen LogP contribution in [0.25, 0.3) is 0 Å². The van der Waals surface area contributed by atoms with E-state index in [9.17, 15) is 14.4 Å². The number of aliphatic carboxylic acids is 1. The SMILES string of the molecule is CC(CC(=O)O)c1ccc(N2C(=O)CCCCC2=O)cc1. The number of hydrogen-bond acceptors (Lipinski definition) is 3. The van der Waals surface area contributed by atoms with Crippen molar-refractivity contribution in [3.05, 3.63) is 29.8 Å². The number of nitrogens with zero attached hydrogens (tertiary/aromatic N) is 1. The van der Waals surface area contributed by atoms with Crippen LogP contribution >= 0.6 is 0 Å². The molecule has 112 valence electrons. The van der Waals surface area contributed by atoms with E-state index in [4.69, 9.17) is 5.11 Å². The first-order valence-electron chi connectivity index (χ1n) is 7.16. The second-order valence-electron chi connectivity index (χ2n) is 5.42. The molecule has 1 fully saturated rings. The predicted octanol–water partition coefficient (Wildman–Crippen LogP) is 2.70. The smallest absolute Gasteiger partial charge is 0.303 e. The van der Waals surface area contributed by atoms with Gasteiger partial charge in [-0.25, -0.2) is 0 Å². The Morgan fingerprint density at radius 3 is 2.14 bits per heavy atom. The number of anilines is 1. The van der Waals surface area contributed by atoms with E-state index < -0.39 is 5.97 Å². The summed E-state index contributed by atoms with van der Waals surface area (Å²) in [5.74, 6) is -1.27. The summed E-state index contributed by atoms with van der Waals surface area (Å²) in [5, 5.41) is 8.81. The van der Waals surface area contributed by atoms with Crippen LogP contribution in [0.4, 0.5) is 5.69 Å². The van der Waals surface area contributed by atoms with Gasteiger partial charge in [0.1, 0.15) is 0 Å². The molecule has 5 heteroatoms. The summed E-state index contributed by atoms with van der Waals surface area (Å²) in [6.45, 7) is 1.84. The highest BCUT2D eigenvalue weighted by Crippen LogP contribution is 2.25. The summed E-state index contributed by atoms with van der Waals surface area (Å²) in [6, 6.07) is 7.01. The van der Waals surface area contributed by atoms with Gasteiger partial charge in [-0.15, -0.1) is 0 Å². The van der Waals surface area contributed by atoms with Crippen LogP contribution < -0.4 is 4.90 Å². The molecule has 1 aliphatic heterocycles. The van der Waals surface area contributed by atoms with Crippen LogP contribution in [-0.2, 0) is 14.4 Å². The van der Waals surface area contributed by atoms with Gasteiger partial charge in [0.05, 0.1) is 12.1 Å². The minimum Gasteiger partial charge on any atom is -0.481 e. The Morgan fingerprint density at radius 1 is 1.14 bits per heavy atom. The molecule has 0 aromatic heterocycles. The average molecular weight is 289 g/mol. The third kappa shape index (κ3) is 3.68. The van der Waals surface area contributed by atoms with E-state index in [-0.39, 0.29) is 24.2 Å². The molecule has 2 amide bonds. The van der Waals surface area contributed by atoms with Crippen molar-refractivity contribution in [2.75, 3.05) is 4.90 Å². The molecule has 1 unspecified atom stereocenters. The lowest BCUT2D eigenvalue weighted by molar-refractivity contribution is -0.137. The van der Waals surface area contributed by atoms with Gasteiger partial charge in [-0.05, 0) is 36.5 Å². The monoisotopic (exact) mass is 289 g/mol. The standard InChI is InChI=1S/C16H19NO4/c1-11(10-16(20)21)12-6-8-13(9-7-12)17-14(18)4-2-3-5-15(17)19/h6-9,11H,2-5,10H2,1H3,(H,20,21). The van der Waals surface area contributed by atoms with Crippen LogP contribution in [0.3, 0.4) is 0 Å². The number of carboxylic acids is 1. The van der Waals surface area contributed by atoms with Gasteiger partial charge in [0.25, 0.3) is 0 Å². The first kappa shape index (κ1) is 15.2. The molecular weight excluding hydrogens is 270 g/mol. The van der Waals surface area contributed by atoms with Gasteiger partial charge < -0.3 is 5.11 Å². The van der Waals surface area contributed by atoms with E-state index in [1.54, 1.807) is 24.3 Å². The van der Waals surface area contributed by atoms with Crippen molar-refractivity contribution in [1.29, 1.82) is 0 Å². The van der Waals surface area contributed by atoms with E-state index >= 15 is 0 Å². The highest BCUT2D eigenvalue weighted by molar-refractivity contribution is 6.15. The summed E-state index contributed by atoms with van der Waals surface area (Å²) in [5.41, 5.74) is 1.45. The van der Waals surface area contributed by atoms with Crippen molar-refractivity contribution >= 4 is 23.5 Å². The van der Waals surface area contributed by atoms with Gasteiger partial charge in [0.2, 0.25) is 11.8 Å². The van der Waals surface area contributed by atoms with Crippen LogP contribution in [0, 0.1) is 0 Å². The molecule has 1 aromatic rings. The van der Waals surface area contributed by atoms with Crippen molar-refractivity contribution in [2.45, 2.75) is 44.9 Å². The fraction of sp³-hybridized carbons (Fsp3) is 0.438. The van der Waals surface area contributed by atoms with E-state index in [0.717, 1.165) is 18.4 Å². The minimum atomic E-state index is -0.843. The largest absolute Gasteiger partial charge is 0.481 e. The zero-order valence-electron chi connectivity index (χ0n) is 12.0.